The van der Waals surface area contributed by atoms with Crippen LogP contribution in [0.5, 0.6) is 0 Å². The molecule has 3 heterocycles. The summed E-state index contributed by atoms with van der Waals surface area (Å²) in [5.74, 6) is 1.03. The Morgan fingerprint density at radius 1 is 1.31 bits per heavy atom. The number of nitrogens with zero attached hydrogens (tertiary/aromatic N) is 3. The van der Waals surface area contributed by atoms with Gasteiger partial charge in [0, 0.05) is 24.4 Å². The van der Waals surface area contributed by atoms with Crippen LogP contribution >= 0.6 is 35.2 Å². The molecular weight excluding hydrogens is 428 g/mol. The SMILES string of the molecule is COCCN1C(=S)NC(c2ccc(Cl)cc2)C(c2nc(-c3cccs3)no2)=C1C. The molecule has 1 aliphatic rings. The van der Waals surface area contributed by atoms with Gasteiger partial charge in [0.2, 0.25) is 5.82 Å². The van der Waals surface area contributed by atoms with Gasteiger partial charge < -0.3 is 19.5 Å². The van der Waals surface area contributed by atoms with Crippen LogP contribution in [0.4, 0.5) is 0 Å². The van der Waals surface area contributed by atoms with Crippen molar-refractivity contribution in [2.75, 3.05) is 20.3 Å². The molecule has 6 nitrogen and oxygen atoms in total. The zero-order chi connectivity index (χ0) is 20.4. The van der Waals surface area contributed by atoms with E-state index in [-0.39, 0.29) is 6.04 Å². The van der Waals surface area contributed by atoms with Gasteiger partial charge in [-0.1, -0.05) is 35.0 Å². The van der Waals surface area contributed by atoms with Gasteiger partial charge in [0.15, 0.2) is 5.11 Å². The Morgan fingerprint density at radius 2 is 2.10 bits per heavy atom. The Balaban J connectivity index is 1.79. The van der Waals surface area contributed by atoms with Gasteiger partial charge in [0.1, 0.15) is 0 Å². The minimum atomic E-state index is -0.227. The number of halogens is 1. The fourth-order valence-corrected chi connectivity index (χ4v) is 4.38. The second-order valence-electron chi connectivity index (χ2n) is 6.48. The number of ether oxygens (including phenoxy) is 1. The lowest BCUT2D eigenvalue weighted by Crippen LogP contribution is -2.47. The van der Waals surface area contributed by atoms with E-state index in [4.69, 9.17) is 33.1 Å². The summed E-state index contributed by atoms with van der Waals surface area (Å²) in [6.07, 6.45) is 0. The third-order valence-electron chi connectivity index (χ3n) is 4.72. The van der Waals surface area contributed by atoms with Gasteiger partial charge >= 0.3 is 0 Å². The van der Waals surface area contributed by atoms with Crippen molar-refractivity contribution in [3.05, 3.63) is 64.0 Å². The molecule has 1 aliphatic heterocycles. The van der Waals surface area contributed by atoms with Crippen molar-refractivity contribution in [1.82, 2.24) is 20.4 Å². The zero-order valence-corrected chi connectivity index (χ0v) is 18.3. The summed E-state index contributed by atoms with van der Waals surface area (Å²) in [6.45, 7) is 3.18. The van der Waals surface area contributed by atoms with Crippen LogP contribution in [-0.4, -0.2) is 40.4 Å². The average molecular weight is 447 g/mol. The van der Waals surface area contributed by atoms with E-state index < -0.39 is 0 Å². The third-order valence-corrected chi connectivity index (χ3v) is 6.17. The lowest BCUT2D eigenvalue weighted by molar-refractivity contribution is 0.183. The Bertz CT molecular complexity index is 1030. The van der Waals surface area contributed by atoms with E-state index in [1.807, 2.05) is 53.6 Å². The van der Waals surface area contributed by atoms with Crippen LogP contribution in [0.3, 0.4) is 0 Å². The Kier molecular flexibility index (Phi) is 5.96. The zero-order valence-electron chi connectivity index (χ0n) is 15.9. The number of hydrogen-bond acceptors (Lipinski definition) is 6. The molecule has 0 radical (unpaired) electrons. The van der Waals surface area contributed by atoms with Crippen molar-refractivity contribution in [1.29, 1.82) is 0 Å². The fraction of sp³-hybridized carbons (Fsp3) is 0.250. The predicted octanol–water partition coefficient (Wildman–Crippen LogP) is 4.76. The van der Waals surface area contributed by atoms with E-state index in [0.29, 0.717) is 35.0 Å². The first-order valence-electron chi connectivity index (χ1n) is 8.99. The number of aromatic nitrogens is 2. The summed E-state index contributed by atoms with van der Waals surface area (Å²) in [6, 6.07) is 11.4. The van der Waals surface area contributed by atoms with Crippen LogP contribution in [-0.2, 0) is 4.74 Å². The number of hydrogen-bond donors (Lipinski definition) is 1. The second-order valence-corrected chi connectivity index (χ2v) is 8.25. The minimum Gasteiger partial charge on any atom is -0.383 e. The van der Waals surface area contributed by atoms with Gasteiger partial charge in [-0.25, -0.2) is 0 Å². The number of thiophene rings is 1. The van der Waals surface area contributed by atoms with E-state index >= 15 is 0 Å². The highest BCUT2D eigenvalue weighted by Gasteiger charge is 2.34. The molecule has 0 bridgehead atoms. The molecule has 2 aromatic heterocycles. The van der Waals surface area contributed by atoms with E-state index in [2.05, 4.69) is 15.5 Å². The van der Waals surface area contributed by atoms with Crippen molar-refractivity contribution < 1.29 is 9.26 Å². The van der Waals surface area contributed by atoms with Crippen molar-refractivity contribution in [2.45, 2.75) is 13.0 Å². The summed E-state index contributed by atoms with van der Waals surface area (Å²) in [5, 5.41) is 10.9. The van der Waals surface area contributed by atoms with Gasteiger partial charge in [-0.15, -0.1) is 11.3 Å². The molecule has 0 aliphatic carbocycles. The molecule has 0 saturated carbocycles. The van der Waals surface area contributed by atoms with E-state index in [1.165, 1.54) is 0 Å². The first kappa shape index (κ1) is 20.0. The predicted molar refractivity (Wildman–Crippen MR) is 119 cm³/mol. The maximum atomic E-state index is 6.08. The number of nitrogens with one attached hydrogen (secondary N) is 1. The maximum absolute atomic E-state index is 6.08. The molecule has 0 spiro atoms. The molecule has 1 aromatic carbocycles. The minimum absolute atomic E-state index is 0.227. The molecule has 29 heavy (non-hydrogen) atoms. The van der Waals surface area contributed by atoms with Gasteiger partial charge in [-0.05, 0) is 48.3 Å². The summed E-state index contributed by atoms with van der Waals surface area (Å²) >= 11 is 13.3. The van der Waals surface area contributed by atoms with E-state index in [1.54, 1.807) is 18.4 Å². The molecule has 150 valence electrons. The molecule has 1 atom stereocenters. The standard InChI is InChI=1S/C20H19ClN4O2S2/c1-12-16(19-23-18(24-27-19)15-4-3-11-29-15)17(13-5-7-14(21)8-6-13)22-20(28)25(12)9-10-26-2/h3-8,11,17H,9-10H2,1-2H3,(H,22,28). The largest absolute Gasteiger partial charge is 0.383 e. The van der Waals surface area contributed by atoms with Crippen molar-refractivity contribution >= 4 is 45.8 Å². The lowest BCUT2D eigenvalue weighted by Gasteiger charge is -2.37. The third kappa shape index (κ3) is 4.06. The normalized spacial score (nSPS) is 17.0. The first-order valence-corrected chi connectivity index (χ1v) is 10.7. The molecule has 1 N–H and O–H groups in total. The molecule has 0 fully saturated rings. The van der Waals surface area contributed by atoms with E-state index in [9.17, 15) is 0 Å². The summed E-state index contributed by atoms with van der Waals surface area (Å²) < 4.78 is 10.9. The maximum Gasteiger partial charge on any atom is 0.258 e. The molecule has 0 amide bonds. The second kappa shape index (κ2) is 8.62. The highest BCUT2D eigenvalue weighted by molar-refractivity contribution is 7.80. The summed E-state index contributed by atoms with van der Waals surface area (Å²) in [5.41, 5.74) is 2.84. The monoisotopic (exact) mass is 446 g/mol. The van der Waals surface area contributed by atoms with Crippen LogP contribution in [0.15, 0.2) is 52.0 Å². The summed E-state index contributed by atoms with van der Waals surface area (Å²) in [7, 11) is 1.67. The lowest BCUT2D eigenvalue weighted by atomic mass is 9.95. The van der Waals surface area contributed by atoms with Crippen molar-refractivity contribution in [3.8, 4) is 10.7 Å². The van der Waals surface area contributed by atoms with Crippen LogP contribution in [0.25, 0.3) is 16.3 Å². The number of rotatable bonds is 6. The fourth-order valence-electron chi connectivity index (χ4n) is 3.25. The molecule has 9 heteroatoms. The number of benzene rings is 1. The molecular formula is C20H19ClN4O2S2. The Hall–Kier alpha value is -2.26. The average Bonchev–Trinajstić information content (AvgIpc) is 3.40. The van der Waals surface area contributed by atoms with Crippen LogP contribution < -0.4 is 5.32 Å². The Morgan fingerprint density at radius 3 is 2.79 bits per heavy atom. The topological polar surface area (TPSA) is 63.4 Å². The summed E-state index contributed by atoms with van der Waals surface area (Å²) in [4.78, 5) is 7.62. The van der Waals surface area contributed by atoms with Gasteiger partial charge in [0.05, 0.1) is 23.1 Å². The van der Waals surface area contributed by atoms with Gasteiger partial charge in [-0.3, -0.25) is 0 Å². The molecule has 1 unspecified atom stereocenters. The quantitative estimate of drug-likeness (QED) is 0.547. The van der Waals surface area contributed by atoms with Crippen molar-refractivity contribution in [3.63, 3.8) is 0 Å². The number of methoxy groups -OCH3 is 1. The van der Waals surface area contributed by atoms with Crippen molar-refractivity contribution in [2.24, 2.45) is 0 Å². The number of allylic oxidation sites excluding steroid dienone is 1. The smallest absolute Gasteiger partial charge is 0.258 e. The number of thiocarbonyl (C=S) groups is 1. The highest BCUT2D eigenvalue weighted by atomic mass is 35.5. The van der Waals surface area contributed by atoms with Gasteiger partial charge in [-0.2, -0.15) is 4.98 Å². The molecule has 4 rings (SSSR count). The van der Waals surface area contributed by atoms with Crippen LogP contribution in [0.1, 0.15) is 24.4 Å². The van der Waals surface area contributed by atoms with Crippen LogP contribution in [0.2, 0.25) is 5.02 Å². The first-order chi connectivity index (χ1) is 14.1. The molecule has 3 aromatic rings. The van der Waals surface area contributed by atoms with Gasteiger partial charge in [0.25, 0.3) is 5.89 Å². The van der Waals surface area contributed by atoms with Crippen LogP contribution in [0, 0.1) is 0 Å². The Labute approximate surface area is 183 Å². The molecule has 0 saturated heterocycles. The van der Waals surface area contributed by atoms with E-state index in [0.717, 1.165) is 21.7 Å². The highest BCUT2D eigenvalue weighted by Crippen LogP contribution is 2.37.